The number of rotatable bonds is 0. The number of nitrogens with two attached hydrogens (primary N) is 1. The van der Waals surface area contributed by atoms with Crippen LogP contribution in [-0.4, -0.2) is 11.6 Å². The Hall–Kier alpha value is -1.51. The Labute approximate surface area is 72.8 Å². The van der Waals surface area contributed by atoms with E-state index in [4.69, 9.17) is 15.6 Å². The molecule has 0 aliphatic rings. The van der Waals surface area contributed by atoms with Crippen molar-refractivity contribution in [2.45, 2.75) is 13.8 Å². The maximum absolute atomic E-state index is 8.36. The van der Waals surface area contributed by atoms with Crippen LogP contribution in [0.15, 0.2) is 30.3 Å². The summed E-state index contributed by atoms with van der Waals surface area (Å²) in [6.45, 7) is 3.75. The normalized spacial score (nSPS) is 6.50. The van der Waals surface area contributed by atoms with E-state index in [0.29, 0.717) is 0 Å². The Morgan fingerprint density at radius 2 is 1.58 bits per heavy atom. The number of carboxylic acid groups (broad SMARTS) is 1. The molecule has 0 saturated carbocycles. The lowest BCUT2D eigenvalue weighted by Crippen LogP contribution is -1.79. The average Bonchev–Trinajstić information content (AvgIpc) is 2.11. The number of carbonyl (C=O) groups is 1. The van der Waals surface area contributed by atoms with Crippen molar-refractivity contribution < 1.29 is 9.90 Å². The Morgan fingerprint density at radius 3 is 1.75 bits per heavy atom. The van der Waals surface area contributed by atoms with E-state index in [-0.39, 0.29) is 6.47 Å². The molecule has 1 aromatic carbocycles. The van der Waals surface area contributed by atoms with Crippen LogP contribution in [-0.2, 0) is 4.79 Å². The van der Waals surface area contributed by atoms with E-state index in [2.05, 4.69) is 0 Å². The van der Waals surface area contributed by atoms with E-state index in [1.165, 1.54) is 0 Å². The Kier molecular flexibility index (Phi) is 13.3. The van der Waals surface area contributed by atoms with Crippen molar-refractivity contribution in [3.05, 3.63) is 30.3 Å². The van der Waals surface area contributed by atoms with Gasteiger partial charge in [0.1, 0.15) is 0 Å². The Morgan fingerprint density at radius 1 is 1.25 bits per heavy atom. The summed E-state index contributed by atoms with van der Waals surface area (Å²) in [4.78, 5) is 8.36. The van der Waals surface area contributed by atoms with Crippen LogP contribution in [0.25, 0.3) is 0 Å². The molecule has 1 aromatic rings. The van der Waals surface area contributed by atoms with Gasteiger partial charge in [-0.15, -0.1) is 0 Å². The van der Waals surface area contributed by atoms with Crippen molar-refractivity contribution >= 4 is 12.2 Å². The van der Waals surface area contributed by atoms with Crippen LogP contribution >= 0.6 is 0 Å². The molecule has 0 fully saturated rings. The largest absolute Gasteiger partial charge is 0.483 e. The molecular formula is C9H15NO2. The quantitative estimate of drug-likeness (QED) is 0.461. The van der Waals surface area contributed by atoms with Gasteiger partial charge in [-0.25, -0.2) is 0 Å². The molecule has 0 radical (unpaired) electrons. The average molecular weight is 169 g/mol. The molecule has 1 rings (SSSR count). The van der Waals surface area contributed by atoms with Crippen LogP contribution in [0.2, 0.25) is 0 Å². The lowest BCUT2D eigenvalue weighted by molar-refractivity contribution is -0.122. The number of nitrogen functional groups attached to an aromatic ring is 1. The van der Waals surface area contributed by atoms with Crippen molar-refractivity contribution in [1.82, 2.24) is 0 Å². The van der Waals surface area contributed by atoms with Gasteiger partial charge in [-0.05, 0) is 12.1 Å². The second-order valence-electron chi connectivity index (χ2n) is 1.52. The first kappa shape index (κ1) is 13.1. The summed E-state index contributed by atoms with van der Waals surface area (Å²) < 4.78 is 0. The minimum atomic E-state index is -0.250. The van der Waals surface area contributed by atoms with Crippen molar-refractivity contribution in [2.24, 2.45) is 0 Å². The summed E-state index contributed by atoms with van der Waals surface area (Å²) in [5.74, 6) is 0. The first-order chi connectivity index (χ1) is 5.81. The molecule has 0 spiro atoms. The van der Waals surface area contributed by atoms with Crippen LogP contribution in [0.4, 0.5) is 5.69 Å². The van der Waals surface area contributed by atoms with E-state index in [1.54, 1.807) is 0 Å². The highest BCUT2D eigenvalue weighted by Crippen LogP contribution is 1.95. The predicted molar refractivity (Wildman–Crippen MR) is 50.9 cm³/mol. The second kappa shape index (κ2) is 12.2. The molecular weight excluding hydrogens is 154 g/mol. The van der Waals surface area contributed by atoms with Gasteiger partial charge in [0.05, 0.1) is 0 Å². The molecule has 0 amide bonds. The summed E-state index contributed by atoms with van der Waals surface area (Å²) in [5, 5.41) is 6.89. The van der Waals surface area contributed by atoms with Crippen molar-refractivity contribution in [2.75, 3.05) is 5.73 Å². The van der Waals surface area contributed by atoms with Crippen LogP contribution in [0.1, 0.15) is 13.8 Å². The number of hydrogen-bond donors (Lipinski definition) is 2. The highest BCUT2D eigenvalue weighted by atomic mass is 16.3. The number of anilines is 1. The molecule has 0 heterocycles. The predicted octanol–water partition coefficient (Wildman–Crippen LogP) is 2.00. The molecule has 3 heteroatoms. The van der Waals surface area contributed by atoms with Gasteiger partial charge in [-0.3, -0.25) is 4.79 Å². The summed E-state index contributed by atoms with van der Waals surface area (Å²) in [7, 11) is 0. The molecule has 12 heavy (non-hydrogen) atoms. The maximum Gasteiger partial charge on any atom is 0.290 e. The molecule has 0 unspecified atom stereocenters. The van der Waals surface area contributed by atoms with E-state index in [9.17, 15) is 0 Å². The summed E-state index contributed by atoms with van der Waals surface area (Å²) in [6.07, 6.45) is 0. The molecule has 0 aromatic heterocycles. The lowest BCUT2D eigenvalue weighted by atomic mass is 10.3. The summed E-state index contributed by atoms with van der Waals surface area (Å²) in [6, 6.07) is 9.49. The van der Waals surface area contributed by atoms with Crippen LogP contribution in [0, 0.1) is 0 Å². The molecule has 0 aliphatic heterocycles. The molecule has 0 aliphatic carbocycles. The zero-order chi connectivity index (χ0) is 9.82. The zero-order valence-corrected chi connectivity index (χ0v) is 7.40. The standard InChI is InChI=1S/C6H7N.C2H6.CH2O2/c7-6-4-2-1-3-5-6;1-2;2-1-3/h1-5H,7H2;1-2H3;1H,(H,2,3). The molecule has 3 nitrogen and oxygen atoms in total. The molecule has 0 atom stereocenters. The van der Waals surface area contributed by atoms with Gasteiger partial charge in [0, 0.05) is 5.69 Å². The maximum atomic E-state index is 8.36. The third kappa shape index (κ3) is 11.3. The van der Waals surface area contributed by atoms with E-state index >= 15 is 0 Å². The van der Waals surface area contributed by atoms with Crippen LogP contribution < -0.4 is 5.73 Å². The molecule has 0 saturated heterocycles. The molecule has 3 N–H and O–H groups in total. The van der Waals surface area contributed by atoms with Crippen LogP contribution in [0.3, 0.4) is 0 Å². The Bertz CT molecular complexity index is 175. The highest BCUT2D eigenvalue weighted by Gasteiger charge is 1.72. The van der Waals surface area contributed by atoms with Crippen molar-refractivity contribution in [3.8, 4) is 0 Å². The number of hydrogen-bond acceptors (Lipinski definition) is 2. The van der Waals surface area contributed by atoms with E-state index in [1.807, 2.05) is 44.2 Å². The van der Waals surface area contributed by atoms with Gasteiger partial charge in [0.25, 0.3) is 6.47 Å². The number of para-hydroxylation sites is 1. The van der Waals surface area contributed by atoms with Gasteiger partial charge in [0.15, 0.2) is 0 Å². The summed E-state index contributed by atoms with van der Waals surface area (Å²) >= 11 is 0. The SMILES string of the molecule is CC.Nc1ccccc1.O=CO. The van der Waals surface area contributed by atoms with E-state index in [0.717, 1.165) is 5.69 Å². The van der Waals surface area contributed by atoms with Gasteiger partial charge in [0.2, 0.25) is 0 Å². The number of benzene rings is 1. The highest BCUT2D eigenvalue weighted by molar-refractivity contribution is 5.35. The topological polar surface area (TPSA) is 63.3 Å². The van der Waals surface area contributed by atoms with Crippen LogP contribution in [0.5, 0.6) is 0 Å². The minimum Gasteiger partial charge on any atom is -0.483 e. The minimum absolute atomic E-state index is 0.250. The van der Waals surface area contributed by atoms with Crippen molar-refractivity contribution in [3.63, 3.8) is 0 Å². The lowest BCUT2D eigenvalue weighted by Gasteiger charge is -1.83. The fourth-order valence-corrected chi connectivity index (χ4v) is 0.453. The fourth-order valence-electron chi connectivity index (χ4n) is 0.453. The second-order valence-corrected chi connectivity index (χ2v) is 1.52. The first-order valence-corrected chi connectivity index (χ1v) is 3.69. The third-order valence-electron chi connectivity index (χ3n) is 0.800. The van der Waals surface area contributed by atoms with Gasteiger partial charge in [-0.1, -0.05) is 32.0 Å². The molecule has 68 valence electrons. The Balaban J connectivity index is 0. The first-order valence-electron chi connectivity index (χ1n) is 3.69. The monoisotopic (exact) mass is 169 g/mol. The summed E-state index contributed by atoms with van der Waals surface area (Å²) in [5.41, 5.74) is 6.18. The van der Waals surface area contributed by atoms with Crippen molar-refractivity contribution in [1.29, 1.82) is 0 Å². The fraction of sp³-hybridized carbons (Fsp3) is 0.222. The van der Waals surface area contributed by atoms with Gasteiger partial charge >= 0.3 is 0 Å². The van der Waals surface area contributed by atoms with Gasteiger partial charge in [-0.2, -0.15) is 0 Å². The zero-order valence-electron chi connectivity index (χ0n) is 7.40. The third-order valence-corrected chi connectivity index (χ3v) is 0.800. The van der Waals surface area contributed by atoms with Gasteiger partial charge < -0.3 is 10.8 Å². The van der Waals surface area contributed by atoms with E-state index < -0.39 is 0 Å². The smallest absolute Gasteiger partial charge is 0.290 e. The molecule has 0 bridgehead atoms.